The highest BCUT2D eigenvalue weighted by atomic mass is 16.5. The molecule has 0 saturated heterocycles. The third-order valence-corrected chi connectivity index (χ3v) is 7.68. The summed E-state index contributed by atoms with van der Waals surface area (Å²) in [6.45, 7) is 8.20. The molecule has 1 aromatic heterocycles. The summed E-state index contributed by atoms with van der Waals surface area (Å²) in [5.41, 5.74) is 7.80. The second-order valence-electron chi connectivity index (χ2n) is 10.9. The number of carbonyl (C=O) groups excluding carboxylic acids is 2. The van der Waals surface area contributed by atoms with E-state index in [1.165, 1.54) is 0 Å². The van der Waals surface area contributed by atoms with E-state index in [2.05, 4.69) is 24.1 Å². The number of amides is 2. The number of aliphatic imine (C=N–C) groups is 1. The normalized spacial score (nSPS) is 22.4. The Morgan fingerprint density at radius 3 is 2.51 bits per heavy atom. The molecule has 198 valence electrons. The molecule has 1 unspecified atom stereocenters. The number of pyridine rings is 1. The molecule has 3 heterocycles. The summed E-state index contributed by atoms with van der Waals surface area (Å²) in [5.74, 6) is 1.81. The number of ether oxygens (including phenoxy) is 1. The summed E-state index contributed by atoms with van der Waals surface area (Å²) >= 11 is 0. The van der Waals surface area contributed by atoms with Crippen LogP contribution in [0.1, 0.15) is 89.4 Å². The fourth-order valence-corrected chi connectivity index (χ4v) is 5.41. The highest BCUT2D eigenvalue weighted by Crippen LogP contribution is 2.46. The molecule has 5 rings (SSSR count). The van der Waals surface area contributed by atoms with E-state index in [0.29, 0.717) is 18.3 Å². The van der Waals surface area contributed by atoms with Gasteiger partial charge in [-0.05, 0) is 63.1 Å². The second kappa shape index (κ2) is 10.9. The van der Waals surface area contributed by atoms with E-state index in [1.54, 1.807) is 11.1 Å². The quantitative estimate of drug-likeness (QED) is 0.531. The first-order valence-corrected chi connectivity index (χ1v) is 13.3. The number of para-hydroxylation sites is 1. The number of fused-ring (bicyclic) bond motifs is 1. The van der Waals surface area contributed by atoms with Crippen molar-refractivity contribution in [2.45, 2.75) is 89.4 Å². The number of nitrogens with one attached hydrogen (secondary N) is 1. The SMILES string of the molecule is CC1(C)C[C@H](NC=O)c2ccccc2O1.CCC1(CC)CC(=O)N(C(c2cccnc2)C2CC2)C(N)=N1. The summed E-state index contributed by atoms with van der Waals surface area (Å²) in [5, 5.41) is 2.84. The number of hydrogen-bond donors (Lipinski definition) is 2. The van der Waals surface area contributed by atoms with Gasteiger partial charge in [-0.1, -0.05) is 38.1 Å². The second-order valence-corrected chi connectivity index (χ2v) is 10.9. The average molecular weight is 506 g/mol. The highest BCUT2D eigenvalue weighted by molar-refractivity contribution is 5.99. The minimum Gasteiger partial charge on any atom is -0.487 e. The molecule has 0 bridgehead atoms. The minimum absolute atomic E-state index is 0.0170. The van der Waals surface area contributed by atoms with Gasteiger partial charge in [-0.15, -0.1) is 0 Å². The first-order valence-electron chi connectivity index (χ1n) is 13.3. The van der Waals surface area contributed by atoms with Crippen molar-refractivity contribution < 1.29 is 14.3 Å². The maximum Gasteiger partial charge on any atom is 0.232 e. The Labute approximate surface area is 219 Å². The molecule has 3 aliphatic rings. The predicted octanol–water partition coefficient (Wildman–Crippen LogP) is 4.67. The monoisotopic (exact) mass is 505 g/mol. The molecule has 1 saturated carbocycles. The van der Waals surface area contributed by atoms with Crippen molar-refractivity contribution in [2.24, 2.45) is 16.6 Å². The van der Waals surface area contributed by atoms with E-state index >= 15 is 0 Å². The van der Waals surface area contributed by atoms with Gasteiger partial charge in [0.2, 0.25) is 12.3 Å². The number of carbonyl (C=O) groups is 2. The number of guanidine groups is 1. The summed E-state index contributed by atoms with van der Waals surface area (Å²) < 4.78 is 5.84. The Bertz CT molecular complexity index is 1130. The van der Waals surface area contributed by atoms with Crippen molar-refractivity contribution >= 4 is 18.3 Å². The molecule has 2 aliphatic heterocycles. The van der Waals surface area contributed by atoms with Gasteiger partial charge in [-0.2, -0.15) is 0 Å². The molecule has 1 fully saturated rings. The molecule has 1 aliphatic carbocycles. The number of benzene rings is 1. The van der Waals surface area contributed by atoms with Gasteiger partial charge in [0.1, 0.15) is 11.4 Å². The molecule has 8 nitrogen and oxygen atoms in total. The zero-order valence-corrected chi connectivity index (χ0v) is 22.3. The summed E-state index contributed by atoms with van der Waals surface area (Å²) in [6.07, 6.45) is 9.52. The number of aromatic nitrogens is 1. The van der Waals surface area contributed by atoms with Crippen LogP contribution in [0.4, 0.5) is 0 Å². The van der Waals surface area contributed by atoms with Crippen molar-refractivity contribution in [3.8, 4) is 5.75 Å². The number of nitrogens with two attached hydrogens (primary N) is 1. The third-order valence-electron chi connectivity index (χ3n) is 7.68. The van der Waals surface area contributed by atoms with Crippen molar-refractivity contribution in [1.29, 1.82) is 0 Å². The first-order chi connectivity index (χ1) is 17.7. The van der Waals surface area contributed by atoms with E-state index in [-0.39, 0.29) is 29.1 Å². The van der Waals surface area contributed by atoms with Crippen molar-refractivity contribution in [3.63, 3.8) is 0 Å². The average Bonchev–Trinajstić information content (AvgIpc) is 3.72. The van der Waals surface area contributed by atoms with Crippen molar-refractivity contribution in [2.75, 3.05) is 0 Å². The Balaban J connectivity index is 0.000000186. The van der Waals surface area contributed by atoms with E-state index < -0.39 is 0 Å². The lowest BCUT2D eigenvalue weighted by atomic mass is 9.87. The molecule has 37 heavy (non-hydrogen) atoms. The molecule has 2 atom stereocenters. The zero-order chi connectivity index (χ0) is 26.6. The lowest BCUT2D eigenvalue weighted by molar-refractivity contribution is -0.132. The van der Waals surface area contributed by atoms with Crippen LogP contribution in [-0.4, -0.2) is 39.3 Å². The van der Waals surface area contributed by atoms with Crippen LogP contribution in [-0.2, 0) is 9.59 Å². The van der Waals surface area contributed by atoms with Gasteiger partial charge in [0, 0.05) is 24.4 Å². The fraction of sp³-hybridized carbons (Fsp3) is 0.517. The fourth-order valence-electron chi connectivity index (χ4n) is 5.41. The largest absolute Gasteiger partial charge is 0.487 e. The Morgan fingerprint density at radius 1 is 1.19 bits per heavy atom. The summed E-state index contributed by atoms with van der Waals surface area (Å²) in [6, 6.07) is 11.8. The lowest BCUT2D eigenvalue weighted by Crippen LogP contribution is -2.53. The molecule has 3 N–H and O–H groups in total. The molecule has 8 heteroatoms. The van der Waals surface area contributed by atoms with Crippen LogP contribution >= 0.6 is 0 Å². The van der Waals surface area contributed by atoms with E-state index in [1.807, 2.05) is 56.4 Å². The predicted molar refractivity (Wildman–Crippen MR) is 144 cm³/mol. The molecular weight excluding hydrogens is 466 g/mol. The minimum atomic E-state index is -0.319. The molecular formula is C29H39N5O3. The topological polar surface area (TPSA) is 110 Å². The zero-order valence-electron chi connectivity index (χ0n) is 22.3. The van der Waals surface area contributed by atoms with Crippen LogP contribution in [0.2, 0.25) is 0 Å². The Hall–Kier alpha value is -3.42. The van der Waals surface area contributed by atoms with E-state index in [0.717, 1.165) is 55.4 Å². The van der Waals surface area contributed by atoms with Crippen LogP contribution in [0, 0.1) is 5.92 Å². The maximum atomic E-state index is 12.8. The van der Waals surface area contributed by atoms with Gasteiger partial charge in [-0.3, -0.25) is 19.5 Å². The van der Waals surface area contributed by atoms with Gasteiger partial charge < -0.3 is 15.8 Å². The third kappa shape index (κ3) is 5.95. The number of hydrogen-bond acceptors (Lipinski definition) is 6. The maximum absolute atomic E-state index is 12.8. The van der Waals surface area contributed by atoms with Gasteiger partial charge in [0.05, 0.1) is 24.0 Å². The smallest absolute Gasteiger partial charge is 0.232 e. The van der Waals surface area contributed by atoms with Gasteiger partial charge in [0.25, 0.3) is 0 Å². The van der Waals surface area contributed by atoms with Gasteiger partial charge in [0.15, 0.2) is 5.96 Å². The van der Waals surface area contributed by atoms with E-state index in [4.69, 9.17) is 15.5 Å². The van der Waals surface area contributed by atoms with Crippen molar-refractivity contribution in [3.05, 3.63) is 59.9 Å². The lowest BCUT2D eigenvalue weighted by Gasteiger charge is -2.40. The number of nitrogens with zero attached hydrogens (tertiary/aromatic N) is 3. The molecule has 2 aromatic rings. The van der Waals surface area contributed by atoms with Gasteiger partial charge >= 0.3 is 0 Å². The Morgan fingerprint density at radius 2 is 1.92 bits per heavy atom. The molecule has 1 aromatic carbocycles. The molecule has 0 spiro atoms. The molecule has 0 radical (unpaired) electrons. The highest BCUT2D eigenvalue weighted by Gasteiger charge is 2.45. The summed E-state index contributed by atoms with van der Waals surface area (Å²) in [4.78, 5) is 34.0. The number of rotatable bonds is 7. The van der Waals surface area contributed by atoms with Crippen LogP contribution in [0.25, 0.3) is 0 Å². The van der Waals surface area contributed by atoms with Crippen LogP contribution in [0.5, 0.6) is 5.75 Å². The standard InChI is InChI=1S/C17H24N4O.C12H15NO2/c1-3-17(4-2)10-14(22)21(16(18)20-17)15(12-7-8-12)13-6-5-9-19-11-13;1-12(2)7-10(13-8-14)9-5-3-4-6-11(9)15-12/h5-6,9,11-12,15H,3-4,7-8,10H2,1-2H3,(H2,18,20);3-6,8,10H,7H2,1-2H3,(H,13,14)/t;10-/m.0/s1. The van der Waals surface area contributed by atoms with Crippen LogP contribution in [0.3, 0.4) is 0 Å². The van der Waals surface area contributed by atoms with Gasteiger partial charge in [-0.25, -0.2) is 4.99 Å². The van der Waals surface area contributed by atoms with Crippen LogP contribution < -0.4 is 15.8 Å². The Kier molecular flexibility index (Phi) is 7.85. The molecule has 2 amide bonds. The van der Waals surface area contributed by atoms with E-state index in [9.17, 15) is 9.59 Å². The summed E-state index contributed by atoms with van der Waals surface area (Å²) in [7, 11) is 0. The van der Waals surface area contributed by atoms with Crippen molar-refractivity contribution in [1.82, 2.24) is 15.2 Å². The first kappa shape index (κ1) is 26.6. The van der Waals surface area contributed by atoms with Crippen LogP contribution in [0.15, 0.2) is 53.8 Å².